The molecule has 0 amide bonds. The molecule has 2 nitrogen and oxygen atoms in total. The topological polar surface area (TPSA) is 25.2 Å². The second-order valence-corrected chi connectivity index (χ2v) is 4.72. The normalized spacial score (nSPS) is 11.2. The minimum Gasteiger partial charge on any atom is -0.464 e. The van der Waals surface area contributed by atoms with E-state index in [2.05, 4.69) is 38.2 Å². The summed E-state index contributed by atoms with van der Waals surface area (Å²) in [6.07, 6.45) is 4.13. The summed E-state index contributed by atoms with van der Waals surface area (Å²) in [6.45, 7) is 8.57. The van der Waals surface area contributed by atoms with Gasteiger partial charge in [0.1, 0.15) is 5.58 Å². The molecule has 0 bridgehead atoms. The van der Waals surface area contributed by atoms with E-state index in [0.29, 0.717) is 0 Å². The van der Waals surface area contributed by atoms with E-state index < -0.39 is 0 Å². The Morgan fingerprint density at radius 3 is 2.76 bits per heavy atom. The van der Waals surface area contributed by atoms with Gasteiger partial charge in [0, 0.05) is 5.39 Å². The van der Waals surface area contributed by atoms with Crippen LogP contribution in [0.1, 0.15) is 30.0 Å². The van der Waals surface area contributed by atoms with Crippen molar-refractivity contribution in [2.75, 3.05) is 13.1 Å². The van der Waals surface area contributed by atoms with Gasteiger partial charge in [-0.15, -0.1) is 0 Å². The molecule has 92 valence electrons. The largest absolute Gasteiger partial charge is 0.464 e. The standard InChI is InChI=1S/C15H21NO/c1-4-6-16-7-5-13-10-17-14-9-11(2)8-12(3)15(13)14/h8-10,16H,4-7H2,1-3H3. The van der Waals surface area contributed by atoms with Gasteiger partial charge in [0.05, 0.1) is 6.26 Å². The molecule has 17 heavy (non-hydrogen) atoms. The van der Waals surface area contributed by atoms with Crippen molar-refractivity contribution in [3.05, 3.63) is 35.1 Å². The van der Waals surface area contributed by atoms with E-state index in [0.717, 1.165) is 25.1 Å². The second-order valence-electron chi connectivity index (χ2n) is 4.72. The quantitative estimate of drug-likeness (QED) is 0.795. The van der Waals surface area contributed by atoms with Gasteiger partial charge in [-0.25, -0.2) is 0 Å². The Morgan fingerprint density at radius 2 is 2.00 bits per heavy atom. The van der Waals surface area contributed by atoms with Crippen LogP contribution in [0.25, 0.3) is 11.0 Å². The molecule has 2 heteroatoms. The molecule has 0 unspecified atom stereocenters. The number of furan rings is 1. The highest BCUT2D eigenvalue weighted by Gasteiger charge is 2.08. The monoisotopic (exact) mass is 231 g/mol. The number of benzene rings is 1. The fourth-order valence-electron chi connectivity index (χ4n) is 2.34. The van der Waals surface area contributed by atoms with Gasteiger partial charge in [0.25, 0.3) is 0 Å². The average molecular weight is 231 g/mol. The summed E-state index contributed by atoms with van der Waals surface area (Å²) in [7, 11) is 0. The molecular weight excluding hydrogens is 210 g/mol. The molecule has 0 aliphatic rings. The number of aryl methyl sites for hydroxylation is 2. The van der Waals surface area contributed by atoms with Crippen LogP contribution in [0.15, 0.2) is 22.8 Å². The maximum Gasteiger partial charge on any atom is 0.134 e. The molecule has 0 spiro atoms. The second kappa shape index (κ2) is 5.37. The lowest BCUT2D eigenvalue weighted by atomic mass is 10.0. The van der Waals surface area contributed by atoms with Crippen molar-refractivity contribution in [3.8, 4) is 0 Å². The lowest BCUT2D eigenvalue weighted by Crippen LogP contribution is -2.17. The zero-order valence-electron chi connectivity index (χ0n) is 11.0. The number of nitrogens with one attached hydrogen (secondary N) is 1. The maximum atomic E-state index is 5.64. The van der Waals surface area contributed by atoms with E-state index in [4.69, 9.17) is 4.42 Å². The van der Waals surface area contributed by atoms with E-state index in [1.807, 2.05) is 6.26 Å². The molecule has 1 aromatic heterocycles. The molecule has 1 aromatic carbocycles. The molecule has 0 aliphatic carbocycles. The van der Waals surface area contributed by atoms with Crippen LogP contribution in [-0.2, 0) is 6.42 Å². The van der Waals surface area contributed by atoms with E-state index in [1.54, 1.807) is 0 Å². The third kappa shape index (κ3) is 2.70. The number of hydrogen-bond acceptors (Lipinski definition) is 2. The van der Waals surface area contributed by atoms with E-state index in [-0.39, 0.29) is 0 Å². The highest BCUT2D eigenvalue weighted by Crippen LogP contribution is 2.26. The Kier molecular flexibility index (Phi) is 3.85. The third-order valence-electron chi connectivity index (χ3n) is 3.09. The van der Waals surface area contributed by atoms with Gasteiger partial charge in [0.2, 0.25) is 0 Å². The highest BCUT2D eigenvalue weighted by atomic mass is 16.3. The van der Waals surface area contributed by atoms with Gasteiger partial charge < -0.3 is 9.73 Å². The zero-order valence-corrected chi connectivity index (χ0v) is 11.0. The van der Waals surface area contributed by atoms with Crippen LogP contribution in [0.4, 0.5) is 0 Å². The van der Waals surface area contributed by atoms with Gasteiger partial charge >= 0.3 is 0 Å². The van der Waals surface area contributed by atoms with Crippen LogP contribution in [0.5, 0.6) is 0 Å². The number of fused-ring (bicyclic) bond motifs is 1. The SMILES string of the molecule is CCCNCCc1coc2cc(C)cc(C)c12. The van der Waals surface area contributed by atoms with E-state index in [1.165, 1.54) is 28.5 Å². The Bertz CT molecular complexity index is 499. The highest BCUT2D eigenvalue weighted by molar-refractivity contribution is 5.85. The van der Waals surface area contributed by atoms with Crippen LogP contribution in [0.3, 0.4) is 0 Å². The minimum absolute atomic E-state index is 1.02. The Morgan fingerprint density at radius 1 is 1.18 bits per heavy atom. The molecular formula is C15H21NO. The molecule has 2 aromatic rings. The molecule has 0 aliphatic heterocycles. The van der Waals surface area contributed by atoms with Crippen LogP contribution in [-0.4, -0.2) is 13.1 Å². The van der Waals surface area contributed by atoms with E-state index in [9.17, 15) is 0 Å². The fourth-order valence-corrected chi connectivity index (χ4v) is 2.34. The summed E-state index contributed by atoms with van der Waals surface area (Å²) in [4.78, 5) is 0. The van der Waals surface area contributed by atoms with Crippen molar-refractivity contribution in [1.29, 1.82) is 0 Å². The summed E-state index contributed by atoms with van der Waals surface area (Å²) in [5.41, 5.74) is 4.92. The summed E-state index contributed by atoms with van der Waals surface area (Å²) >= 11 is 0. The molecule has 0 fully saturated rings. The Hall–Kier alpha value is -1.28. The van der Waals surface area contributed by atoms with Crippen LogP contribution in [0, 0.1) is 13.8 Å². The maximum absolute atomic E-state index is 5.64. The predicted octanol–water partition coefficient (Wildman–Crippen LogP) is 3.59. The first-order valence-corrected chi connectivity index (χ1v) is 6.40. The van der Waals surface area contributed by atoms with Gasteiger partial charge in [-0.2, -0.15) is 0 Å². The van der Waals surface area contributed by atoms with Crippen LogP contribution < -0.4 is 5.32 Å². The van der Waals surface area contributed by atoms with Gasteiger partial charge in [-0.05, 0) is 62.5 Å². The molecule has 0 radical (unpaired) electrons. The number of rotatable bonds is 5. The molecule has 1 N–H and O–H groups in total. The van der Waals surface area contributed by atoms with Crippen molar-refractivity contribution in [2.24, 2.45) is 0 Å². The van der Waals surface area contributed by atoms with Gasteiger partial charge in [-0.1, -0.05) is 13.0 Å². The third-order valence-corrected chi connectivity index (χ3v) is 3.09. The van der Waals surface area contributed by atoms with Crippen molar-refractivity contribution in [3.63, 3.8) is 0 Å². The van der Waals surface area contributed by atoms with Crippen molar-refractivity contribution >= 4 is 11.0 Å². The van der Waals surface area contributed by atoms with Crippen molar-refractivity contribution in [2.45, 2.75) is 33.6 Å². The van der Waals surface area contributed by atoms with Crippen molar-refractivity contribution in [1.82, 2.24) is 5.32 Å². The smallest absolute Gasteiger partial charge is 0.134 e. The first-order valence-electron chi connectivity index (χ1n) is 6.40. The summed E-state index contributed by atoms with van der Waals surface area (Å²) < 4.78 is 5.64. The lowest BCUT2D eigenvalue weighted by molar-refractivity contribution is 0.605. The molecule has 1 heterocycles. The Balaban J connectivity index is 2.18. The van der Waals surface area contributed by atoms with E-state index >= 15 is 0 Å². The Labute approximate surface area is 103 Å². The fraction of sp³-hybridized carbons (Fsp3) is 0.467. The summed E-state index contributed by atoms with van der Waals surface area (Å²) in [6, 6.07) is 4.34. The summed E-state index contributed by atoms with van der Waals surface area (Å²) in [5.74, 6) is 0. The molecule has 2 rings (SSSR count). The van der Waals surface area contributed by atoms with Crippen LogP contribution >= 0.6 is 0 Å². The molecule has 0 saturated carbocycles. The van der Waals surface area contributed by atoms with Crippen LogP contribution in [0.2, 0.25) is 0 Å². The molecule has 0 atom stereocenters. The predicted molar refractivity (Wildman–Crippen MR) is 72.6 cm³/mol. The first-order chi connectivity index (χ1) is 8.22. The lowest BCUT2D eigenvalue weighted by Gasteiger charge is -2.03. The zero-order chi connectivity index (χ0) is 12.3. The molecule has 0 saturated heterocycles. The minimum atomic E-state index is 1.02. The number of hydrogen-bond donors (Lipinski definition) is 1. The summed E-state index contributed by atoms with van der Waals surface area (Å²) in [5, 5.41) is 4.73. The van der Waals surface area contributed by atoms with Gasteiger partial charge in [0.15, 0.2) is 0 Å². The average Bonchev–Trinajstić information content (AvgIpc) is 2.68. The first kappa shape index (κ1) is 12.2. The van der Waals surface area contributed by atoms with Crippen molar-refractivity contribution < 1.29 is 4.42 Å². The van der Waals surface area contributed by atoms with Gasteiger partial charge in [-0.3, -0.25) is 0 Å².